The van der Waals surface area contributed by atoms with Gasteiger partial charge >= 0.3 is 8.80 Å². The summed E-state index contributed by atoms with van der Waals surface area (Å²) in [6.07, 6.45) is 25.4. The molecule has 0 aliphatic rings. The molecule has 0 unspecified atom stereocenters. The zero-order valence-electron chi connectivity index (χ0n) is 23.0. The second-order valence-corrected chi connectivity index (χ2v) is 12.6. The third-order valence-corrected chi connectivity index (χ3v) is 9.54. The Bertz CT molecular complexity index is 363. The van der Waals surface area contributed by atoms with E-state index in [4.69, 9.17) is 13.3 Å². The highest BCUT2D eigenvalue weighted by molar-refractivity contribution is 6.60. The molecule has 0 spiro atoms. The maximum absolute atomic E-state index is 5.44. The van der Waals surface area contributed by atoms with Crippen LogP contribution in [0.3, 0.4) is 0 Å². The lowest BCUT2D eigenvalue weighted by molar-refractivity contribution is 0.123. The molecule has 0 rings (SSSR count). The van der Waals surface area contributed by atoms with Gasteiger partial charge in [0.05, 0.1) is 0 Å². The summed E-state index contributed by atoms with van der Waals surface area (Å²) in [5.41, 5.74) is 0. The van der Waals surface area contributed by atoms with E-state index in [1.807, 2.05) is 0 Å². The maximum Gasteiger partial charge on any atom is 0.500 e. The van der Waals surface area contributed by atoms with E-state index in [0.29, 0.717) is 0 Å². The monoisotopic (exact) mass is 488 g/mol. The van der Waals surface area contributed by atoms with Crippen LogP contribution < -0.4 is 10.6 Å². The van der Waals surface area contributed by atoms with E-state index < -0.39 is 8.80 Å². The van der Waals surface area contributed by atoms with Crippen LogP contribution in [0.15, 0.2) is 0 Å². The molecule has 0 saturated carbocycles. The number of hydrogen-bond acceptors (Lipinski definition) is 5. The number of nitrogens with one attached hydrogen (secondary N) is 2. The van der Waals surface area contributed by atoms with Gasteiger partial charge in [-0.2, -0.15) is 0 Å². The van der Waals surface area contributed by atoms with Gasteiger partial charge in [0.15, 0.2) is 0 Å². The molecular weight excluding hydrogens is 428 g/mol. The van der Waals surface area contributed by atoms with Gasteiger partial charge in [-0.15, -0.1) is 0 Å². The third-order valence-electron chi connectivity index (χ3n) is 6.71. The largest absolute Gasteiger partial charge is 0.500 e. The lowest BCUT2D eigenvalue weighted by Gasteiger charge is -2.24. The van der Waals surface area contributed by atoms with E-state index >= 15 is 0 Å². The maximum atomic E-state index is 5.44. The normalized spacial score (nSPS) is 12.0. The smallest absolute Gasteiger partial charge is 0.377 e. The van der Waals surface area contributed by atoms with Crippen molar-refractivity contribution in [1.82, 2.24) is 10.6 Å². The van der Waals surface area contributed by atoms with Crippen LogP contribution in [0.4, 0.5) is 0 Å². The summed E-state index contributed by atoms with van der Waals surface area (Å²) in [5, 5.41) is 7.03. The van der Waals surface area contributed by atoms with Crippen molar-refractivity contribution in [1.29, 1.82) is 0 Å². The highest BCUT2D eigenvalue weighted by atomic mass is 28.4. The van der Waals surface area contributed by atoms with Crippen LogP contribution in [0.2, 0.25) is 6.04 Å². The SMILES string of the molecule is CCCCCCCCCCCCCCCCCCCNCCNCCC[Si](OC)(OC)OC. The van der Waals surface area contributed by atoms with Gasteiger partial charge in [-0.05, 0) is 25.9 Å². The van der Waals surface area contributed by atoms with Crippen molar-refractivity contribution in [2.75, 3.05) is 47.5 Å². The molecule has 5 nitrogen and oxygen atoms in total. The highest BCUT2D eigenvalue weighted by Gasteiger charge is 2.36. The quantitative estimate of drug-likeness (QED) is 0.0909. The Hall–Kier alpha value is 0.0169. The van der Waals surface area contributed by atoms with Crippen molar-refractivity contribution < 1.29 is 13.3 Å². The Labute approximate surface area is 208 Å². The summed E-state index contributed by atoms with van der Waals surface area (Å²) in [6.45, 7) is 6.48. The number of hydrogen-bond donors (Lipinski definition) is 2. The Morgan fingerprint density at radius 3 is 1.12 bits per heavy atom. The van der Waals surface area contributed by atoms with Crippen molar-refractivity contribution in [3.63, 3.8) is 0 Å². The zero-order valence-corrected chi connectivity index (χ0v) is 24.0. The molecule has 0 fully saturated rings. The minimum atomic E-state index is -2.39. The van der Waals surface area contributed by atoms with Gasteiger partial charge in [-0.3, -0.25) is 0 Å². The van der Waals surface area contributed by atoms with E-state index in [1.165, 1.54) is 109 Å². The van der Waals surface area contributed by atoms with Crippen LogP contribution in [0.5, 0.6) is 0 Å². The summed E-state index contributed by atoms with van der Waals surface area (Å²) in [6, 6.07) is 0.857. The van der Waals surface area contributed by atoms with E-state index in [-0.39, 0.29) is 0 Å². The molecule has 0 aliphatic carbocycles. The third kappa shape index (κ3) is 22.2. The average molecular weight is 489 g/mol. The lowest BCUT2D eigenvalue weighted by Crippen LogP contribution is -2.43. The highest BCUT2D eigenvalue weighted by Crippen LogP contribution is 2.15. The van der Waals surface area contributed by atoms with Crippen molar-refractivity contribution in [2.24, 2.45) is 0 Å². The molecule has 2 N–H and O–H groups in total. The lowest BCUT2D eigenvalue weighted by atomic mass is 10.0. The summed E-state index contributed by atoms with van der Waals surface area (Å²) in [7, 11) is 2.64. The number of unbranched alkanes of at least 4 members (excludes halogenated alkanes) is 16. The molecular formula is C27H60N2O3Si. The molecule has 6 heteroatoms. The minimum Gasteiger partial charge on any atom is -0.377 e. The van der Waals surface area contributed by atoms with Crippen LogP contribution in [0, 0.1) is 0 Å². The first-order valence-corrected chi connectivity index (χ1v) is 16.2. The first-order chi connectivity index (χ1) is 16.2. The Morgan fingerprint density at radius 1 is 0.424 bits per heavy atom. The molecule has 0 bridgehead atoms. The first-order valence-electron chi connectivity index (χ1n) is 14.3. The standard InChI is InChI=1S/C27H60N2O3Si/c1-5-6-7-8-9-10-11-12-13-14-15-16-17-18-19-20-21-23-28-25-26-29-24-22-27-33(30-2,31-3)32-4/h28-29H,5-27H2,1-4H3. The summed E-state index contributed by atoms with van der Waals surface area (Å²) in [5.74, 6) is 0. The van der Waals surface area contributed by atoms with Gasteiger partial charge in [0, 0.05) is 40.5 Å². The van der Waals surface area contributed by atoms with Crippen LogP contribution in [-0.2, 0) is 13.3 Å². The fourth-order valence-electron chi connectivity index (χ4n) is 4.39. The predicted octanol–water partition coefficient (Wildman–Crippen LogP) is 7.09. The summed E-state index contributed by atoms with van der Waals surface area (Å²) in [4.78, 5) is 0. The molecule has 0 aliphatic heterocycles. The van der Waals surface area contributed by atoms with E-state index in [2.05, 4.69) is 17.6 Å². The molecule has 0 radical (unpaired) electrons. The topological polar surface area (TPSA) is 51.8 Å². The molecule has 0 heterocycles. The van der Waals surface area contributed by atoms with Gasteiger partial charge in [-0.25, -0.2) is 0 Å². The van der Waals surface area contributed by atoms with Crippen molar-refractivity contribution in [3.05, 3.63) is 0 Å². The van der Waals surface area contributed by atoms with Crippen molar-refractivity contribution >= 4 is 8.80 Å². The van der Waals surface area contributed by atoms with E-state index in [1.54, 1.807) is 21.3 Å². The average Bonchev–Trinajstić information content (AvgIpc) is 2.84. The Balaban J connectivity index is 3.15. The molecule has 0 aromatic heterocycles. The molecule has 0 aromatic rings. The van der Waals surface area contributed by atoms with Gasteiger partial charge < -0.3 is 23.9 Å². The second-order valence-electron chi connectivity index (χ2n) is 9.56. The Kier molecular flexibility index (Phi) is 26.6. The predicted molar refractivity (Wildman–Crippen MR) is 146 cm³/mol. The fourth-order valence-corrected chi connectivity index (χ4v) is 6.11. The van der Waals surface area contributed by atoms with E-state index in [9.17, 15) is 0 Å². The molecule has 33 heavy (non-hydrogen) atoms. The molecule has 0 saturated heterocycles. The van der Waals surface area contributed by atoms with Crippen LogP contribution in [0.1, 0.15) is 122 Å². The summed E-state index contributed by atoms with van der Waals surface area (Å²) < 4.78 is 16.3. The molecule has 0 aromatic carbocycles. The fraction of sp³-hybridized carbons (Fsp3) is 1.00. The van der Waals surface area contributed by atoms with Gasteiger partial charge in [0.25, 0.3) is 0 Å². The zero-order chi connectivity index (χ0) is 24.3. The molecule has 0 atom stereocenters. The van der Waals surface area contributed by atoms with Crippen molar-refractivity contribution in [3.8, 4) is 0 Å². The minimum absolute atomic E-state index is 0.857. The Morgan fingerprint density at radius 2 is 0.758 bits per heavy atom. The van der Waals surface area contributed by atoms with Gasteiger partial charge in [-0.1, -0.05) is 110 Å². The first kappa shape index (κ1) is 33.0. The van der Waals surface area contributed by atoms with Crippen LogP contribution >= 0.6 is 0 Å². The summed E-state index contributed by atoms with van der Waals surface area (Å²) >= 11 is 0. The second kappa shape index (κ2) is 26.6. The number of rotatable bonds is 28. The molecule has 0 amide bonds. The van der Waals surface area contributed by atoms with Gasteiger partial charge in [0.1, 0.15) is 0 Å². The van der Waals surface area contributed by atoms with E-state index in [0.717, 1.165) is 38.6 Å². The van der Waals surface area contributed by atoms with Gasteiger partial charge in [0.2, 0.25) is 0 Å². The molecule has 200 valence electrons. The van der Waals surface area contributed by atoms with Crippen LogP contribution in [-0.4, -0.2) is 56.3 Å². The van der Waals surface area contributed by atoms with Crippen LogP contribution in [0.25, 0.3) is 0 Å². The van der Waals surface area contributed by atoms with Crippen molar-refractivity contribution in [2.45, 2.75) is 129 Å².